The number of sulfonamides is 1. The third-order valence-electron chi connectivity index (χ3n) is 1.96. The van der Waals surface area contributed by atoms with E-state index in [1.807, 2.05) is 20.1 Å². The number of hydrogen-bond donors (Lipinski definition) is 0. The summed E-state index contributed by atoms with van der Waals surface area (Å²) in [6.07, 6.45) is 1.83. The number of nitrogens with zero attached hydrogens (tertiary/aromatic N) is 1. The largest absolute Gasteiger partial charge is 0.287 e. The van der Waals surface area contributed by atoms with Crippen molar-refractivity contribution in [2.24, 2.45) is 3.77 Å². The van der Waals surface area contributed by atoms with Crippen LogP contribution in [-0.4, -0.2) is 20.4 Å². The van der Waals surface area contributed by atoms with Gasteiger partial charge in [-0.25, -0.2) is 0 Å². The Morgan fingerprint density at radius 1 is 1.27 bits per heavy atom. The molecule has 1 aromatic rings. The van der Waals surface area contributed by atoms with Crippen LogP contribution in [0.1, 0.15) is 12.5 Å². The number of hydrogen-bond acceptors (Lipinski definition) is 2. The quantitative estimate of drug-likeness (QED) is 0.819. The molecule has 0 amide bonds. The summed E-state index contributed by atoms with van der Waals surface area (Å²) in [5.41, 5.74) is 1.04. The Hall–Kier alpha value is -0.680. The summed E-state index contributed by atoms with van der Waals surface area (Å²) < 4.78 is 27.3. The Morgan fingerprint density at radius 3 is 2.27 bits per heavy atom. The van der Waals surface area contributed by atoms with Gasteiger partial charge < -0.3 is 0 Å². The second-order valence-corrected chi connectivity index (χ2v) is 7.05. The van der Waals surface area contributed by atoms with Gasteiger partial charge in [0.1, 0.15) is 0 Å². The van der Waals surface area contributed by atoms with Crippen LogP contribution in [0.25, 0.3) is 0 Å². The lowest BCUT2D eigenvalue weighted by molar-refractivity contribution is 0.598. The van der Waals surface area contributed by atoms with Gasteiger partial charge in [0.05, 0.1) is 4.90 Å². The molecule has 0 fully saturated rings. The molecule has 0 spiro atoms. The molecule has 15 heavy (non-hydrogen) atoms. The summed E-state index contributed by atoms with van der Waals surface area (Å²) in [6, 6.07) is 6.76. The molecule has 5 heteroatoms. The van der Waals surface area contributed by atoms with Crippen LogP contribution in [-0.2, 0) is 20.7 Å². The molecule has 84 valence electrons. The van der Waals surface area contributed by atoms with E-state index in [2.05, 4.69) is 3.77 Å². The molecular weight excluding hydrogens is 230 g/mol. The zero-order valence-electron chi connectivity index (χ0n) is 9.10. The van der Waals surface area contributed by atoms with E-state index in [0.717, 1.165) is 11.3 Å². The molecule has 0 aliphatic rings. The molecule has 0 aliphatic carbocycles. The van der Waals surface area contributed by atoms with Gasteiger partial charge in [0.2, 0.25) is 0 Å². The lowest BCUT2D eigenvalue weighted by Crippen LogP contribution is -2.00. The standard InChI is InChI=1S/C10H15NO2S2/c1-4-14(3)11-15(12,13)10-7-5-9(2)6-8-10/h5-8H,4H2,1-3H3/t14-/m1/s1. The SMILES string of the molecule is CC[S@@](C)=NS(=O)(=O)c1ccc(C)cc1. The fourth-order valence-corrected chi connectivity index (χ4v) is 3.56. The Morgan fingerprint density at radius 2 is 1.80 bits per heavy atom. The fraction of sp³-hybridized carbons (Fsp3) is 0.400. The van der Waals surface area contributed by atoms with Gasteiger partial charge >= 0.3 is 0 Å². The zero-order chi connectivity index (χ0) is 11.5. The van der Waals surface area contributed by atoms with Gasteiger partial charge in [-0.2, -0.15) is 8.42 Å². The zero-order valence-corrected chi connectivity index (χ0v) is 10.7. The summed E-state index contributed by atoms with van der Waals surface area (Å²) in [4.78, 5) is 0.279. The molecule has 0 aliphatic heterocycles. The minimum Gasteiger partial charge on any atom is -0.199 e. The van der Waals surface area contributed by atoms with E-state index in [4.69, 9.17) is 0 Å². The monoisotopic (exact) mass is 245 g/mol. The number of aryl methyl sites for hydroxylation is 1. The van der Waals surface area contributed by atoms with Gasteiger partial charge in [0.15, 0.2) is 0 Å². The van der Waals surface area contributed by atoms with Gasteiger partial charge in [-0.1, -0.05) is 35.3 Å². The lowest BCUT2D eigenvalue weighted by atomic mass is 10.2. The second-order valence-electron chi connectivity index (χ2n) is 3.25. The van der Waals surface area contributed by atoms with Crippen LogP contribution in [0.15, 0.2) is 32.9 Å². The van der Waals surface area contributed by atoms with E-state index >= 15 is 0 Å². The van der Waals surface area contributed by atoms with Crippen molar-refractivity contribution in [3.63, 3.8) is 0 Å². The smallest absolute Gasteiger partial charge is 0.199 e. The summed E-state index contributed by atoms with van der Waals surface area (Å²) in [5, 5.41) is 0. The highest BCUT2D eigenvalue weighted by Gasteiger charge is 2.11. The van der Waals surface area contributed by atoms with E-state index in [-0.39, 0.29) is 4.90 Å². The van der Waals surface area contributed by atoms with Crippen LogP contribution in [0.5, 0.6) is 0 Å². The minimum atomic E-state index is -3.45. The van der Waals surface area contributed by atoms with Crippen molar-refractivity contribution < 1.29 is 8.42 Å². The van der Waals surface area contributed by atoms with E-state index in [0.29, 0.717) is 0 Å². The van der Waals surface area contributed by atoms with Crippen LogP contribution < -0.4 is 0 Å². The Kier molecular flexibility index (Phi) is 4.04. The number of rotatable bonds is 3. The first-order valence-corrected chi connectivity index (χ1v) is 7.83. The van der Waals surface area contributed by atoms with Crippen molar-refractivity contribution in [2.75, 3.05) is 12.0 Å². The molecule has 0 radical (unpaired) electrons. The van der Waals surface area contributed by atoms with Crippen molar-refractivity contribution in [3.05, 3.63) is 29.8 Å². The van der Waals surface area contributed by atoms with Crippen LogP contribution in [0.3, 0.4) is 0 Å². The maximum Gasteiger partial charge on any atom is 0.287 e. The first-order valence-electron chi connectivity index (χ1n) is 4.63. The Balaban J connectivity index is 3.13. The van der Waals surface area contributed by atoms with Gasteiger partial charge in [-0.05, 0) is 25.3 Å². The molecule has 0 bridgehead atoms. The molecule has 0 heterocycles. The summed E-state index contributed by atoms with van der Waals surface area (Å²) in [6.45, 7) is 3.85. The average Bonchev–Trinajstić information content (AvgIpc) is 2.17. The minimum absolute atomic E-state index is 0.279. The van der Waals surface area contributed by atoms with Crippen molar-refractivity contribution in [2.45, 2.75) is 18.7 Å². The number of benzene rings is 1. The van der Waals surface area contributed by atoms with Crippen LogP contribution in [0.2, 0.25) is 0 Å². The van der Waals surface area contributed by atoms with E-state index in [1.165, 1.54) is 0 Å². The van der Waals surface area contributed by atoms with E-state index in [9.17, 15) is 8.42 Å². The molecule has 3 nitrogen and oxygen atoms in total. The van der Waals surface area contributed by atoms with Gasteiger partial charge in [-0.15, -0.1) is 3.77 Å². The molecule has 0 aromatic heterocycles. The predicted molar refractivity (Wildman–Crippen MR) is 64.6 cm³/mol. The van der Waals surface area contributed by atoms with Crippen molar-refractivity contribution in [3.8, 4) is 0 Å². The second kappa shape index (κ2) is 4.90. The first kappa shape index (κ1) is 12.4. The highest BCUT2D eigenvalue weighted by atomic mass is 32.3. The first-order chi connectivity index (χ1) is 6.95. The van der Waals surface area contributed by atoms with Crippen molar-refractivity contribution in [1.82, 2.24) is 0 Å². The summed E-state index contributed by atoms with van der Waals surface area (Å²) >= 11 is 0. The molecule has 0 saturated heterocycles. The van der Waals surface area contributed by atoms with Crippen molar-refractivity contribution >= 4 is 20.7 Å². The van der Waals surface area contributed by atoms with Crippen molar-refractivity contribution in [1.29, 1.82) is 0 Å². The summed E-state index contributed by atoms with van der Waals surface area (Å²) in [7, 11) is -3.87. The van der Waals surface area contributed by atoms with Crippen LogP contribution in [0, 0.1) is 6.92 Å². The molecule has 0 saturated carbocycles. The van der Waals surface area contributed by atoms with Gasteiger partial charge in [-0.3, -0.25) is 0 Å². The lowest BCUT2D eigenvalue weighted by Gasteiger charge is -2.01. The summed E-state index contributed by atoms with van der Waals surface area (Å²) in [5.74, 6) is 0.755. The van der Waals surface area contributed by atoms with Gasteiger partial charge in [0.25, 0.3) is 10.0 Å². The Labute approximate surface area is 93.7 Å². The van der Waals surface area contributed by atoms with E-state index in [1.54, 1.807) is 24.3 Å². The third-order valence-corrected chi connectivity index (χ3v) is 5.47. The van der Waals surface area contributed by atoms with Crippen LogP contribution >= 0.6 is 0 Å². The topological polar surface area (TPSA) is 46.5 Å². The average molecular weight is 245 g/mol. The van der Waals surface area contributed by atoms with E-state index < -0.39 is 20.7 Å². The molecule has 1 atom stereocenters. The molecular formula is C10H15NO2S2. The predicted octanol–water partition coefficient (Wildman–Crippen LogP) is 2.14. The third kappa shape index (κ3) is 3.43. The molecule has 1 aromatic carbocycles. The van der Waals surface area contributed by atoms with Crippen LogP contribution in [0.4, 0.5) is 0 Å². The fourth-order valence-electron chi connectivity index (χ4n) is 0.973. The molecule has 1 rings (SSSR count). The highest BCUT2D eigenvalue weighted by Crippen LogP contribution is 2.13. The highest BCUT2D eigenvalue weighted by molar-refractivity contribution is 7.99. The Bertz CT molecular complexity index is 461. The molecule has 0 N–H and O–H groups in total. The van der Waals surface area contributed by atoms with Gasteiger partial charge in [0, 0.05) is 5.75 Å². The molecule has 0 unspecified atom stereocenters. The normalized spacial score (nSPS) is 14.1. The maximum atomic E-state index is 11.8. The maximum absolute atomic E-state index is 11.8.